The molecule has 0 aliphatic carbocycles. The normalized spacial score (nSPS) is 13.7. The summed E-state index contributed by atoms with van der Waals surface area (Å²) in [6.07, 6.45) is 4.92. The van der Waals surface area contributed by atoms with E-state index in [1.54, 1.807) is 0 Å². The molecule has 2 aromatic rings. The summed E-state index contributed by atoms with van der Waals surface area (Å²) < 4.78 is 2.13. The van der Waals surface area contributed by atoms with Crippen LogP contribution in [0.4, 0.5) is 5.69 Å². The van der Waals surface area contributed by atoms with Gasteiger partial charge in [0.2, 0.25) is 0 Å². The van der Waals surface area contributed by atoms with E-state index in [1.807, 2.05) is 19.3 Å². The van der Waals surface area contributed by atoms with E-state index in [2.05, 4.69) is 51.0 Å². The van der Waals surface area contributed by atoms with Crippen molar-refractivity contribution >= 4 is 35.6 Å². The first-order valence-electron chi connectivity index (χ1n) is 7.91. The SMILES string of the molecule is CCNC(=NCCn1ccnc1C)N1CCc2ccccc21.I. The zero-order valence-electron chi connectivity index (χ0n) is 13.7. The predicted octanol–water partition coefficient (Wildman–Crippen LogP) is 2.84. The molecule has 5 nitrogen and oxygen atoms in total. The number of imidazole rings is 1. The van der Waals surface area contributed by atoms with Crippen LogP contribution in [0.25, 0.3) is 0 Å². The van der Waals surface area contributed by atoms with E-state index < -0.39 is 0 Å². The van der Waals surface area contributed by atoms with Gasteiger partial charge in [-0.15, -0.1) is 24.0 Å². The van der Waals surface area contributed by atoms with Crippen LogP contribution in [0.5, 0.6) is 0 Å². The minimum atomic E-state index is 0. The van der Waals surface area contributed by atoms with Gasteiger partial charge in [0.15, 0.2) is 5.96 Å². The number of aliphatic imine (C=N–C) groups is 1. The van der Waals surface area contributed by atoms with Gasteiger partial charge >= 0.3 is 0 Å². The number of para-hydroxylation sites is 1. The molecule has 0 bridgehead atoms. The fraction of sp³-hybridized carbons (Fsp3) is 0.412. The van der Waals surface area contributed by atoms with Gasteiger partial charge in [-0.3, -0.25) is 4.99 Å². The van der Waals surface area contributed by atoms with Crippen molar-refractivity contribution in [2.45, 2.75) is 26.8 Å². The Labute approximate surface area is 154 Å². The van der Waals surface area contributed by atoms with Gasteiger partial charge in [-0.1, -0.05) is 18.2 Å². The van der Waals surface area contributed by atoms with Gasteiger partial charge < -0.3 is 14.8 Å². The zero-order chi connectivity index (χ0) is 15.4. The summed E-state index contributed by atoms with van der Waals surface area (Å²) >= 11 is 0. The van der Waals surface area contributed by atoms with Gasteiger partial charge in [-0.05, 0) is 31.9 Å². The largest absolute Gasteiger partial charge is 0.356 e. The maximum absolute atomic E-state index is 4.79. The van der Waals surface area contributed by atoms with Crippen LogP contribution in [0, 0.1) is 6.92 Å². The third-order valence-electron chi connectivity index (χ3n) is 4.00. The molecule has 124 valence electrons. The molecule has 0 saturated heterocycles. The number of aryl methyl sites for hydroxylation is 1. The number of rotatable bonds is 4. The van der Waals surface area contributed by atoms with Crippen molar-refractivity contribution < 1.29 is 0 Å². The Kier molecular flexibility index (Phi) is 6.44. The molecule has 6 heteroatoms. The van der Waals surface area contributed by atoms with Crippen molar-refractivity contribution in [3.63, 3.8) is 0 Å². The molecule has 0 spiro atoms. The molecule has 1 N–H and O–H groups in total. The lowest BCUT2D eigenvalue weighted by Crippen LogP contribution is -2.40. The average Bonchev–Trinajstić information content (AvgIpc) is 3.13. The van der Waals surface area contributed by atoms with Crippen molar-refractivity contribution in [3.05, 3.63) is 48.0 Å². The van der Waals surface area contributed by atoms with E-state index >= 15 is 0 Å². The molecule has 1 aromatic heterocycles. The second-order valence-corrected chi connectivity index (χ2v) is 5.43. The fourth-order valence-corrected chi connectivity index (χ4v) is 2.86. The number of benzene rings is 1. The quantitative estimate of drug-likeness (QED) is 0.466. The minimum Gasteiger partial charge on any atom is -0.356 e. The first-order chi connectivity index (χ1) is 10.8. The maximum Gasteiger partial charge on any atom is 0.198 e. The van der Waals surface area contributed by atoms with Gasteiger partial charge in [0.05, 0.1) is 6.54 Å². The van der Waals surface area contributed by atoms with Crippen molar-refractivity contribution in [3.8, 4) is 0 Å². The summed E-state index contributed by atoms with van der Waals surface area (Å²) in [5.74, 6) is 2.01. The van der Waals surface area contributed by atoms with Gasteiger partial charge in [-0.25, -0.2) is 4.98 Å². The molecule has 23 heavy (non-hydrogen) atoms. The summed E-state index contributed by atoms with van der Waals surface area (Å²) in [5.41, 5.74) is 2.68. The summed E-state index contributed by atoms with van der Waals surface area (Å²) in [5, 5.41) is 3.41. The fourth-order valence-electron chi connectivity index (χ4n) is 2.86. The Morgan fingerprint density at radius 3 is 2.91 bits per heavy atom. The van der Waals surface area contributed by atoms with E-state index in [0.29, 0.717) is 0 Å². The molecule has 0 radical (unpaired) electrons. The molecule has 0 saturated carbocycles. The number of guanidine groups is 1. The molecule has 3 rings (SSSR count). The van der Waals surface area contributed by atoms with Gasteiger partial charge in [0.1, 0.15) is 5.82 Å². The number of nitrogens with one attached hydrogen (secondary N) is 1. The highest BCUT2D eigenvalue weighted by atomic mass is 127. The van der Waals surface area contributed by atoms with Gasteiger partial charge in [-0.2, -0.15) is 0 Å². The number of fused-ring (bicyclic) bond motifs is 1. The highest BCUT2D eigenvalue weighted by Gasteiger charge is 2.22. The lowest BCUT2D eigenvalue weighted by molar-refractivity contribution is 0.681. The smallest absolute Gasteiger partial charge is 0.198 e. The standard InChI is InChI=1S/C17H23N5.HI/c1-3-18-17(20-10-13-21-12-9-19-14(21)2)22-11-8-15-6-4-5-7-16(15)22;/h4-7,9,12H,3,8,10-11,13H2,1-2H3,(H,18,20);1H. The van der Waals surface area contributed by atoms with Crippen LogP contribution < -0.4 is 10.2 Å². The number of anilines is 1. The molecular weight excluding hydrogens is 401 g/mol. The van der Waals surface area contributed by atoms with E-state index in [1.165, 1.54) is 11.3 Å². The highest BCUT2D eigenvalue weighted by Crippen LogP contribution is 2.27. The van der Waals surface area contributed by atoms with Crippen LogP contribution in [-0.4, -0.2) is 35.1 Å². The van der Waals surface area contributed by atoms with Crippen molar-refractivity contribution in [2.75, 3.05) is 24.5 Å². The molecule has 1 aliphatic rings. The summed E-state index contributed by atoms with van der Waals surface area (Å²) in [6, 6.07) is 8.58. The third-order valence-corrected chi connectivity index (χ3v) is 4.00. The van der Waals surface area contributed by atoms with E-state index in [9.17, 15) is 0 Å². The van der Waals surface area contributed by atoms with Crippen LogP contribution in [0.2, 0.25) is 0 Å². The van der Waals surface area contributed by atoms with Crippen molar-refractivity contribution in [1.29, 1.82) is 0 Å². The molecule has 1 aromatic carbocycles. The van der Waals surface area contributed by atoms with E-state index in [0.717, 1.165) is 44.4 Å². The Morgan fingerprint density at radius 2 is 2.17 bits per heavy atom. The number of hydrogen-bond acceptors (Lipinski definition) is 2. The molecule has 0 unspecified atom stereocenters. The monoisotopic (exact) mass is 425 g/mol. The molecule has 0 fully saturated rings. The average molecular weight is 425 g/mol. The van der Waals surface area contributed by atoms with E-state index in [4.69, 9.17) is 4.99 Å². The number of aromatic nitrogens is 2. The lowest BCUT2D eigenvalue weighted by Gasteiger charge is -2.22. The van der Waals surface area contributed by atoms with Crippen LogP contribution in [0.15, 0.2) is 41.7 Å². The minimum absolute atomic E-state index is 0. The Balaban J connectivity index is 0.00000192. The van der Waals surface area contributed by atoms with Crippen molar-refractivity contribution in [2.24, 2.45) is 4.99 Å². The Bertz CT molecular complexity index is 665. The molecule has 0 amide bonds. The molecule has 0 atom stereocenters. The predicted molar refractivity (Wildman–Crippen MR) is 106 cm³/mol. The summed E-state index contributed by atoms with van der Waals surface area (Å²) in [4.78, 5) is 11.3. The van der Waals surface area contributed by atoms with Gasteiger partial charge in [0, 0.05) is 37.7 Å². The van der Waals surface area contributed by atoms with E-state index in [-0.39, 0.29) is 24.0 Å². The molecular formula is C17H24IN5. The van der Waals surface area contributed by atoms with Crippen molar-refractivity contribution in [1.82, 2.24) is 14.9 Å². The van der Waals surface area contributed by atoms with Crippen LogP contribution in [0.1, 0.15) is 18.3 Å². The number of hydrogen-bond donors (Lipinski definition) is 1. The third kappa shape index (κ3) is 4.04. The first kappa shape index (κ1) is 17.8. The Hall–Kier alpha value is -1.57. The lowest BCUT2D eigenvalue weighted by atomic mass is 10.2. The highest BCUT2D eigenvalue weighted by molar-refractivity contribution is 14.0. The maximum atomic E-state index is 4.79. The van der Waals surface area contributed by atoms with Crippen LogP contribution in [-0.2, 0) is 13.0 Å². The first-order valence-corrected chi connectivity index (χ1v) is 7.91. The summed E-state index contributed by atoms with van der Waals surface area (Å²) in [7, 11) is 0. The van der Waals surface area contributed by atoms with Crippen LogP contribution >= 0.6 is 24.0 Å². The second-order valence-electron chi connectivity index (χ2n) is 5.43. The number of nitrogens with zero attached hydrogens (tertiary/aromatic N) is 4. The second kappa shape index (κ2) is 8.33. The molecule has 2 heterocycles. The van der Waals surface area contributed by atoms with Gasteiger partial charge in [0.25, 0.3) is 0 Å². The zero-order valence-corrected chi connectivity index (χ0v) is 16.0. The Morgan fingerprint density at radius 1 is 1.35 bits per heavy atom. The van der Waals surface area contributed by atoms with Crippen LogP contribution in [0.3, 0.4) is 0 Å². The topological polar surface area (TPSA) is 45.5 Å². The summed E-state index contributed by atoms with van der Waals surface area (Å²) in [6.45, 7) is 7.61. The number of halogens is 1. The molecule has 1 aliphatic heterocycles.